The van der Waals surface area contributed by atoms with Gasteiger partial charge >= 0.3 is 0 Å². The lowest BCUT2D eigenvalue weighted by Gasteiger charge is -2.26. The van der Waals surface area contributed by atoms with Crippen LogP contribution in [0.15, 0.2) is 18.2 Å². The van der Waals surface area contributed by atoms with Crippen LogP contribution in [0.25, 0.3) is 0 Å². The first-order valence-corrected chi connectivity index (χ1v) is 6.52. The lowest BCUT2D eigenvalue weighted by molar-refractivity contribution is -0.117. The van der Waals surface area contributed by atoms with E-state index in [0.29, 0.717) is 17.3 Å². The Morgan fingerprint density at radius 1 is 1.35 bits per heavy atom. The van der Waals surface area contributed by atoms with Crippen LogP contribution in [0.5, 0.6) is 0 Å². The van der Waals surface area contributed by atoms with Crippen LogP contribution in [0.1, 0.15) is 5.56 Å². The minimum absolute atomic E-state index is 0. The van der Waals surface area contributed by atoms with E-state index < -0.39 is 0 Å². The minimum atomic E-state index is -0.0114. The van der Waals surface area contributed by atoms with Gasteiger partial charge in [-0.1, -0.05) is 17.7 Å². The molecule has 1 amide bonds. The molecule has 1 aliphatic rings. The highest BCUT2D eigenvalue weighted by molar-refractivity contribution is 6.33. The molecule has 114 valence electrons. The van der Waals surface area contributed by atoms with Crippen molar-refractivity contribution in [2.75, 3.05) is 38.0 Å². The first kappa shape index (κ1) is 19.5. The topological polar surface area (TPSA) is 44.4 Å². The molecule has 1 heterocycles. The number of carbonyl (C=O) groups excluding carboxylic acids is 1. The highest BCUT2D eigenvalue weighted by Gasteiger charge is 2.14. The number of halogens is 3. The highest BCUT2D eigenvalue weighted by Crippen LogP contribution is 2.22. The number of rotatable bonds is 3. The fraction of sp³-hybridized carbons (Fsp3) is 0.462. The average molecular weight is 341 g/mol. The molecule has 0 aliphatic carbocycles. The Bertz CT molecular complexity index is 437. The van der Waals surface area contributed by atoms with E-state index in [9.17, 15) is 4.79 Å². The fourth-order valence-corrected chi connectivity index (χ4v) is 2.27. The lowest BCUT2D eigenvalue weighted by atomic mass is 10.2. The van der Waals surface area contributed by atoms with E-state index in [1.807, 2.05) is 25.1 Å². The van der Waals surface area contributed by atoms with Gasteiger partial charge in [0, 0.05) is 26.2 Å². The summed E-state index contributed by atoms with van der Waals surface area (Å²) in [5.74, 6) is -0.0114. The van der Waals surface area contributed by atoms with Crippen molar-refractivity contribution in [3.05, 3.63) is 28.8 Å². The Kier molecular flexibility index (Phi) is 9.18. The van der Waals surface area contributed by atoms with Gasteiger partial charge in [0.2, 0.25) is 5.91 Å². The molecule has 1 fully saturated rings. The third-order valence-electron chi connectivity index (χ3n) is 2.98. The summed E-state index contributed by atoms with van der Waals surface area (Å²) in [6, 6.07) is 5.63. The molecule has 2 N–H and O–H groups in total. The molecule has 1 aliphatic heterocycles. The van der Waals surface area contributed by atoms with Crippen molar-refractivity contribution in [2.24, 2.45) is 0 Å². The number of carbonyl (C=O) groups is 1. The Balaban J connectivity index is 0.00000180. The zero-order chi connectivity index (χ0) is 13.0. The predicted octanol–water partition coefficient (Wildman–Crippen LogP) is 2.34. The fourth-order valence-electron chi connectivity index (χ4n) is 1.98. The average Bonchev–Trinajstić information content (AvgIpc) is 2.34. The van der Waals surface area contributed by atoms with Crippen LogP contribution in [0, 0.1) is 6.92 Å². The van der Waals surface area contributed by atoms with Crippen molar-refractivity contribution in [3.8, 4) is 0 Å². The van der Waals surface area contributed by atoms with E-state index in [1.54, 1.807) is 0 Å². The standard InChI is InChI=1S/C13H18ClN3O.2ClH/c1-10-2-3-12(11(14)8-10)16-13(18)9-17-6-4-15-5-7-17;;/h2-3,8,15H,4-7,9H2,1H3,(H,16,18);2*1H. The molecular formula is C13H20Cl3N3O. The largest absolute Gasteiger partial charge is 0.324 e. The molecule has 0 atom stereocenters. The predicted molar refractivity (Wildman–Crippen MR) is 88.6 cm³/mol. The quantitative estimate of drug-likeness (QED) is 0.887. The van der Waals surface area contributed by atoms with Crippen LogP contribution < -0.4 is 10.6 Å². The molecule has 0 radical (unpaired) electrons. The summed E-state index contributed by atoms with van der Waals surface area (Å²) in [7, 11) is 0. The van der Waals surface area contributed by atoms with Gasteiger partial charge in [-0.05, 0) is 24.6 Å². The number of hydrogen-bond acceptors (Lipinski definition) is 3. The molecule has 4 nitrogen and oxygen atoms in total. The van der Waals surface area contributed by atoms with E-state index in [2.05, 4.69) is 15.5 Å². The summed E-state index contributed by atoms with van der Waals surface area (Å²) in [6.07, 6.45) is 0. The van der Waals surface area contributed by atoms with Crippen LogP contribution in [0.2, 0.25) is 5.02 Å². The van der Waals surface area contributed by atoms with Crippen molar-refractivity contribution in [3.63, 3.8) is 0 Å². The maximum Gasteiger partial charge on any atom is 0.238 e. The van der Waals surface area contributed by atoms with Crippen LogP contribution in [-0.4, -0.2) is 43.5 Å². The van der Waals surface area contributed by atoms with Crippen LogP contribution in [0.4, 0.5) is 5.69 Å². The van der Waals surface area contributed by atoms with Crippen molar-refractivity contribution in [1.29, 1.82) is 0 Å². The van der Waals surface area contributed by atoms with E-state index in [1.165, 1.54) is 0 Å². The number of benzene rings is 1. The number of nitrogens with one attached hydrogen (secondary N) is 2. The van der Waals surface area contributed by atoms with Gasteiger partial charge in [-0.15, -0.1) is 24.8 Å². The Hall–Kier alpha value is -0.520. The van der Waals surface area contributed by atoms with Crippen molar-refractivity contribution in [2.45, 2.75) is 6.92 Å². The smallest absolute Gasteiger partial charge is 0.238 e. The molecule has 0 spiro atoms. The van der Waals surface area contributed by atoms with Gasteiger partial charge in [0.15, 0.2) is 0 Å². The van der Waals surface area contributed by atoms with Gasteiger partial charge in [-0.25, -0.2) is 0 Å². The molecule has 1 saturated heterocycles. The normalized spacial score (nSPS) is 14.9. The van der Waals surface area contributed by atoms with Crippen LogP contribution in [0.3, 0.4) is 0 Å². The molecule has 2 rings (SSSR count). The first-order valence-electron chi connectivity index (χ1n) is 6.14. The summed E-state index contributed by atoms with van der Waals surface area (Å²) >= 11 is 6.08. The van der Waals surface area contributed by atoms with Gasteiger partial charge in [-0.2, -0.15) is 0 Å². The third-order valence-corrected chi connectivity index (χ3v) is 3.29. The summed E-state index contributed by atoms with van der Waals surface area (Å²) in [6.45, 7) is 6.10. The molecule has 7 heteroatoms. The Labute approximate surface area is 137 Å². The lowest BCUT2D eigenvalue weighted by Crippen LogP contribution is -2.46. The molecule has 0 unspecified atom stereocenters. The van der Waals surface area contributed by atoms with E-state index in [4.69, 9.17) is 11.6 Å². The minimum Gasteiger partial charge on any atom is -0.324 e. The van der Waals surface area contributed by atoms with Crippen molar-refractivity contribution >= 4 is 48.0 Å². The summed E-state index contributed by atoms with van der Waals surface area (Å²) in [5, 5.41) is 6.70. The second kappa shape index (κ2) is 9.42. The number of amides is 1. The number of nitrogens with zero attached hydrogens (tertiary/aromatic N) is 1. The molecule has 0 saturated carbocycles. The van der Waals surface area contributed by atoms with Gasteiger partial charge in [-0.3, -0.25) is 9.69 Å². The Morgan fingerprint density at radius 2 is 2.00 bits per heavy atom. The van der Waals surface area contributed by atoms with Gasteiger partial charge in [0.1, 0.15) is 0 Å². The van der Waals surface area contributed by atoms with Crippen molar-refractivity contribution in [1.82, 2.24) is 10.2 Å². The van der Waals surface area contributed by atoms with Gasteiger partial charge < -0.3 is 10.6 Å². The second-order valence-corrected chi connectivity index (χ2v) is 4.96. The maximum absolute atomic E-state index is 11.9. The second-order valence-electron chi connectivity index (χ2n) is 4.56. The SMILES string of the molecule is Cc1ccc(NC(=O)CN2CCNCC2)c(Cl)c1.Cl.Cl. The number of piperazine rings is 1. The number of aryl methyl sites for hydroxylation is 1. The van der Waals surface area contributed by atoms with Gasteiger partial charge in [0.25, 0.3) is 0 Å². The monoisotopic (exact) mass is 339 g/mol. The molecule has 1 aromatic rings. The zero-order valence-electron chi connectivity index (χ0n) is 11.3. The van der Waals surface area contributed by atoms with Crippen LogP contribution >= 0.6 is 36.4 Å². The van der Waals surface area contributed by atoms with E-state index in [0.717, 1.165) is 31.7 Å². The number of anilines is 1. The zero-order valence-corrected chi connectivity index (χ0v) is 13.7. The van der Waals surface area contributed by atoms with Crippen LogP contribution in [-0.2, 0) is 4.79 Å². The number of hydrogen-bond donors (Lipinski definition) is 2. The maximum atomic E-state index is 11.9. The van der Waals surface area contributed by atoms with Crippen molar-refractivity contribution < 1.29 is 4.79 Å². The van der Waals surface area contributed by atoms with E-state index in [-0.39, 0.29) is 30.7 Å². The summed E-state index contributed by atoms with van der Waals surface area (Å²) in [4.78, 5) is 14.0. The molecule has 1 aromatic carbocycles. The van der Waals surface area contributed by atoms with E-state index >= 15 is 0 Å². The molecule has 20 heavy (non-hydrogen) atoms. The third kappa shape index (κ3) is 5.85. The molecule has 0 aromatic heterocycles. The van der Waals surface area contributed by atoms with Gasteiger partial charge in [0.05, 0.1) is 17.3 Å². The Morgan fingerprint density at radius 3 is 2.60 bits per heavy atom. The molecule has 0 bridgehead atoms. The molecular weight excluding hydrogens is 321 g/mol. The highest BCUT2D eigenvalue weighted by atomic mass is 35.5. The summed E-state index contributed by atoms with van der Waals surface area (Å²) < 4.78 is 0. The summed E-state index contributed by atoms with van der Waals surface area (Å²) in [5.41, 5.74) is 1.77. The first-order chi connectivity index (χ1) is 8.65.